The van der Waals surface area contributed by atoms with Crippen LogP contribution >= 0.6 is 0 Å². The number of hydrogen-bond acceptors (Lipinski definition) is 4. The lowest BCUT2D eigenvalue weighted by molar-refractivity contribution is -0.122. The molecule has 190 valence electrons. The summed E-state index contributed by atoms with van der Waals surface area (Å²) in [6.45, 7) is 9.40. The summed E-state index contributed by atoms with van der Waals surface area (Å²) in [5, 5.41) is 3.15. The summed E-state index contributed by atoms with van der Waals surface area (Å²) in [4.78, 5) is 17.0. The molecule has 0 amide bonds. The maximum Gasteiger partial charge on any atom is 0.184 e. The molecular formula is C29H39F2N3O. The number of rotatable bonds is 10. The first-order valence-corrected chi connectivity index (χ1v) is 12.0. The van der Waals surface area contributed by atoms with Crippen LogP contribution in [0.1, 0.15) is 70.6 Å². The van der Waals surface area contributed by atoms with Crippen LogP contribution in [0, 0.1) is 5.41 Å². The Morgan fingerprint density at radius 2 is 1.86 bits per heavy atom. The van der Waals surface area contributed by atoms with Crippen LogP contribution in [0.2, 0.25) is 0 Å². The quantitative estimate of drug-likeness (QED) is 0.227. The zero-order chi connectivity index (χ0) is 26.3. The van der Waals surface area contributed by atoms with E-state index < -0.39 is 11.2 Å². The fourth-order valence-electron chi connectivity index (χ4n) is 4.34. The summed E-state index contributed by atoms with van der Waals surface area (Å²) >= 11 is 0. The van der Waals surface area contributed by atoms with Crippen LogP contribution in [-0.4, -0.2) is 32.1 Å². The lowest BCUT2D eigenvalue weighted by atomic mass is 9.85. The van der Waals surface area contributed by atoms with Gasteiger partial charge in [-0.25, -0.2) is 8.78 Å². The van der Waals surface area contributed by atoms with E-state index in [-0.39, 0.29) is 17.1 Å². The Balaban J connectivity index is 2.29. The van der Waals surface area contributed by atoms with Gasteiger partial charge >= 0.3 is 0 Å². The second kappa shape index (κ2) is 12.2. The summed E-state index contributed by atoms with van der Waals surface area (Å²) < 4.78 is 28.8. The van der Waals surface area contributed by atoms with E-state index in [0.717, 1.165) is 18.5 Å². The second-order valence-electron chi connectivity index (χ2n) is 10.1. The minimum atomic E-state index is -0.622. The second-order valence-corrected chi connectivity index (χ2v) is 10.1. The van der Waals surface area contributed by atoms with Crippen LogP contribution in [0.3, 0.4) is 0 Å². The lowest BCUT2D eigenvalue weighted by Gasteiger charge is -2.20. The van der Waals surface area contributed by atoms with Crippen molar-refractivity contribution in [3.8, 4) is 0 Å². The first-order valence-electron chi connectivity index (χ1n) is 12.0. The topological polar surface area (TPSA) is 67.5 Å². The van der Waals surface area contributed by atoms with Gasteiger partial charge in [0, 0.05) is 30.3 Å². The average Bonchev–Trinajstić information content (AvgIpc) is 3.20. The van der Waals surface area contributed by atoms with Gasteiger partial charge in [-0.2, -0.15) is 0 Å². The number of carbonyl (C=O) groups excluding carboxylic acids is 1. The van der Waals surface area contributed by atoms with Crippen LogP contribution < -0.4 is 11.1 Å². The van der Waals surface area contributed by atoms with E-state index in [2.05, 4.69) is 16.4 Å². The molecule has 3 N–H and O–H groups in total. The Kier molecular flexibility index (Phi) is 9.90. The lowest BCUT2D eigenvalue weighted by Crippen LogP contribution is -2.28. The zero-order valence-corrected chi connectivity index (χ0v) is 22.1. The molecule has 1 aliphatic carbocycles. The Hall–Kier alpha value is -2.86. The maximum absolute atomic E-state index is 14.7. The van der Waals surface area contributed by atoms with E-state index in [1.165, 1.54) is 18.1 Å². The van der Waals surface area contributed by atoms with E-state index >= 15 is 0 Å². The van der Waals surface area contributed by atoms with Gasteiger partial charge in [0.1, 0.15) is 5.83 Å². The SMILES string of the molecule is CN=C(C)/C(CCCC(/C(=C\F)c1ccc2c(c1)C=C(CNC)C2)=C(/C)F)=C(\N)C(=O)C(C)(C)C. The molecule has 1 aromatic carbocycles. The number of nitrogens with one attached hydrogen (secondary N) is 1. The van der Waals surface area contributed by atoms with Gasteiger partial charge in [0.15, 0.2) is 5.78 Å². The fraction of sp³-hybridized carbons (Fsp3) is 0.448. The molecule has 4 nitrogen and oxygen atoms in total. The molecule has 0 saturated carbocycles. The molecule has 0 spiro atoms. The van der Waals surface area contributed by atoms with Gasteiger partial charge in [-0.1, -0.05) is 44.6 Å². The van der Waals surface area contributed by atoms with Crippen molar-refractivity contribution in [1.82, 2.24) is 5.32 Å². The third-order valence-corrected chi connectivity index (χ3v) is 6.36. The largest absolute Gasteiger partial charge is 0.396 e. The van der Waals surface area contributed by atoms with Gasteiger partial charge in [-0.05, 0) is 80.5 Å². The predicted octanol–water partition coefficient (Wildman–Crippen LogP) is 6.49. The van der Waals surface area contributed by atoms with E-state index in [1.54, 1.807) is 7.05 Å². The Labute approximate surface area is 208 Å². The number of halogens is 2. The number of likely N-dealkylation sites (N-methyl/N-ethyl adjacent to an activating group) is 1. The monoisotopic (exact) mass is 483 g/mol. The summed E-state index contributed by atoms with van der Waals surface area (Å²) in [5.41, 5.74) is 11.8. The molecular weight excluding hydrogens is 444 g/mol. The van der Waals surface area contributed by atoms with Crippen molar-refractivity contribution in [3.63, 3.8) is 0 Å². The highest BCUT2D eigenvalue weighted by molar-refractivity contribution is 6.08. The molecule has 0 bridgehead atoms. The number of Topliss-reactive ketones (excluding diaryl/α,β-unsaturated/α-hetero) is 1. The Morgan fingerprint density at radius 3 is 2.40 bits per heavy atom. The third kappa shape index (κ3) is 7.07. The van der Waals surface area contributed by atoms with Gasteiger partial charge < -0.3 is 11.1 Å². The smallest absolute Gasteiger partial charge is 0.184 e. The van der Waals surface area contributed by atoms with Crippen LogP contribution in [0.15, 0.2) is 57.8 Å². The van der Waals surface area contributed by atoms with Crippen molar-refractivity contribution < 1.29 is 13.6 Å². The van der Waals surface area contributed by atoms with Crippen LogP contribution in [0.5, 0.6) is 0 Å². The van der Waals surface area contributed by atoms with E-state index in [1.807, 2.05) is 52.9 Å². The van der Waals surface area contributed by atoms with Crippen molar-refractivity contribution in [2.24, 2.45) is 16.1 Å². The van der Waals surface area contributed by atoms with E-state index in [0.29, 0.717) is 48.0 Å². The number of allylic oxidation sites excluding steroid dienone is 5. The highest BCUT2D eigenvalue weighted by atomic mass is 19.1. The molecule has 6 heteroatoms. The highest BCUT2D eigenvalue weighted by Gasteiger charge is 2.26. The number of benzene rings is 1. The van der Waals surface area contributed by atoms with Crippen LogP contribution in [0.25, 0.3) is 11.6 Å². The number of ketones is 1. The third-order valence-electron chi connectivity index (χ3n) is 6.36. The van der Waals surface area contributed by atoms with Crippen LogP contribution in [-0.2, 0) is 11.2 Å². The highest BCUT2D eigenvalue weighted by Crippen LogP contribution is 2.35. The summed E-state index contributed by atoms with van der Waals surface area (Å²) in [6, 6.07) is 5.76. The summed E-state index contributed by atoms with van der Waals surface area (Å²) in [6.07, 6.45) is 4.68. The van der Waals surface area contributed by atoms with Gasteiger partial charge in [0.25, 0.3) is 0 Å². The number of carbonyl (C=O) groups is 1. The molecule has 1 aliphatic rings. The average molecular weight is 484 g/mol. The number of hydrogen-bond donors (Lipinski definition) is 2. The number of aliphatic imine (C=N–C) groups is 1. The van der Waals surface area contributed by atoms with Gasteiger partial charge in [-0.15, -0.1) is 0 Å². The molecule has 0 unspecified atom stereocenters. The maximum atomic E-state index is 14.7. The molecule has 0 atom stereocenters. The number of nitrogens with two attached hydrogens (primary N) is 1. The van der Waals surface area contributed by atoms with Gasteiger partial charge in [0.05, 0.1) is 12.0 Å². The van der Waals surface area contributed by atoms with Crippen molar-refractivity contribution in [3.05, 3.63) is 69.5 Å². The number of fused-ring (bicyclic) bond motifs is 1. The molecule has 0 heterocycles. The standard InChI is InChI=1S/C29H39F2N3O/c1-18(31)24(9-8-10-25(19(2)34-7)27(32)28(35)29(3,4)5)26(16-30)22-12-11-21-13-20(17-33-6)14-23(21)15-22/h11-12,14-16,33H,8-10,13,17,32H2,1-7H3/b24-18+,26-16-,27-25-,34-19?. The molecule has 0 fully saturated rings. The molecule has 2 rings (SSSR count). The van der Waals surface area contributed by atoms with Gasteiger partial charge in [-0.3, -0.25) is 9.79 Å². The number of nitrogens with zero attached hydrogens (tertiary/aromatic N) is 1. The molecule has 0 radical (unpaired) electrons. The first-order chi connectivity index (χ1) is 16.4. The van der Waals surface area contributed by atoms with E-state index in [4.69, 9.17) is 5.73 Å². The summed E-state index contributed by atoms with van der Waals surface area (Å²) in [5.74, 6) is -0.577. The van der Waals surface area contributed by atoms with Gasteiger partial charge in [0.2, 0.25) is 0 Å². The first kappa shape index (κ1) is 28.4. The Morgan fingerprint density at radius 1 is 1.20 bits per heavy atom. The minimum absolute atomic E-state index is 0.152. The summed E-state index contributed by atoms with van der Waals surface area (Å²) in [7, 11) is 3.55. The molecule has 0 saturated heterocycles. The van der Waals surface area contributed by atoms with Crippen molar-refractivity contribution in [2.45, 2.75) is 60.3 Å². The Bertz CT molecular complexity index is 1110. The molecule has 1 aromatic rings. The minimum Gasteiger partial charge on any atom is -0.396 e. The van der Waals surface area contributed by atoms with Crippen LogP contribution in [0.4, 0.5) is 8.78 Å². The van der Waals surface area contributed by atoms with Crippen molar-refractivity contribution in [1.29, 1.82) is 0 Å². The predicted molar refractivity (Wildman–Crippen MR) is 144 cm³/mol. The molecule has 0 aliphatic heterocycles. The molecule has 0 aromatic heterocycles. The zero-order valence-electron chi connectivity index (χ0n) is 22.1. The van der Waals surface area contributed by atoms with E-state index in [9.17, 15) is 13.6 Å². The molecule has 35 heavy (non-hydrogen) atoms. The van der Waals surface area contributed by atoms with Crippen molar-refractivity contribution >= 4 is 23.1 Å². The van der Waals surface area contributed by atoms with Crippen molar-refractivity contribution in [2.75, 3.05) is 20.6 Å². The fourth-order valence-corrected chi connectivity index (χ4v) is 4.34. The normalized spacial score (nSPS) is 16.0.